The van der Waals surface area contributed by atoms with Gasteiger partial charge in [0.05, 0.1) is 12.1 Å². The Kier molecular flexibility index (Phi) is 6.18. The molecule has 0 saturated heterocycles. The minimum absolute atomic E-state index is 0.190. The number of ether oxygens (including phenoxy) is 1. The zero-order valence-corrected chi connectivity index (χ0v) is 13.9. The van der Waals surface area contributed by atoms with Gasteiger partial charge in [-0.25, -0.2) is 9.78 Å². The third-order valence-corrected chi connectivity index (χ3v) is 3.35. The van der Waals surface area contributed by atoms with E-state index in [1.807, 2.05) is 0 Å². The van der Waals surface area contributed by atoms with E-state index in [2.05, 4.69) is 15.0 Å². The van der Waals surface area contributed by atoms with Crippen molar-refractivity contribution in [2.45, 2.75) is 18.8 Å². The van der Waals surface area contributed by atoms with Crippen molar-refractivity contribution in [3.63, 3.8) is 0 Å². The van der Waals surface area contributed by atoms with E-state index in [1.54, 1.807) is 0 Å². The molecule has 148 valence electrons. The maximum absolute atomic E-state index is 12.2. The number of aromatic nitrogens is 1. The quantitative estimate of drug-likeness (QED) is 0.653. The summed E-state index contributed by atoms with van der Waals surface area (Å²) in [6, 6.07) is 7.31. The van der Waals surface area contributed by atoms with Crippen LogP contribution in [0.1, 0.15) is 16.9 Å². The van der Waals surface area contributed by atoms with Crippen LogP contribution in [0.3, 0.4) is 0 Å². The molecule has 0 radical (unpaired) electrons. The van der Waals surface area contributed by atoms with Crippen molar-refractivity contribution in [1.82, 2.24) is 10.3 Å². The predicted molar refractivity (Wildman–Crippen MR) is 87.5 cm³/mol. The zero-order chi connectivity index (χ0) is 20.9. The molecule has 1 aromatic carbocycles. The number of carbonyl (C=O) groups is 3. The Morgan fingerprint density at radius 3 is 2.25 bits per heavy atom. The molecule has 8 nitrogen and oxygen atoms in total. The van der Waals surface area contributed by atoms with Crippen LogP contribution in [0.2, 0.25) is 0 Å². The van der Waals surface area contributed by atoms with E-state index >= 15 is 0 Å². The molecule has 0 fully saturated rings. The number of carboxylic acids is 2. The van der Waals surface area contributed by atoms with Crippen LogP contribution in [0.15, 0.2) is 42.5 Å². The Bertz CT molecular complexity index is 883. The van der Waals surface area contributed by atoms with Crippen LogP contribution in [0.25, 0.3) is 11.3 Å². The maximum Gasteiger partial charge on any atom is 0.573 e. The van der Waals surface area contributed by atoms with Gasteiger partial charge < -0.3 is 20.3 Å². The summed E-state index contributed by atoms with van der Waals surface area (Å²) in [5, 5.41) is 19.7. The third kappa shape index (κ3) is 5.97. The van der Waals surface area contributed by atoms with Gasteiger partial charge in [0, 0.05) is 5.56 Å². The number of pyridine rings is 1. The largest absolute Gasteiger partial charge is 0.573 e. The predicted octanol–water partition coefficient (Wildman–Crippen LogP) is 2.30. The molecule has 3 N–H and O–H groups in total. The molecule has 2 aromatic rings. The molecular formula is C17H13F3N2O6. The van der Waals surface area contributed by atoms with Gasteiger partial charge in [0.15, 0.2) is 0 Å². The first-order valence-corrected chi connectivity index (χ1v) is 7.64. The van der Waals surface area contributed by atoms with Gasteiger partial charge in [-0.1, -0.05) is 6.07 Å². The van der Waals surface area contributed by atoms with Crippen molar-refractivity contribution in [3.05, 3.63) is 48.2 Å². The number of hydrogen-bond acceptors (Lipinski definition) is 5. The van der Waals surface area contributed by atoms with E-state index < -0.39 is 42.4 Å². The molecule has 1 heterocycles. The number of aliphatic carboxylic acids is 2. The van der Waals surface area contributed by atoms with Crippen molar-refractivity contribution in [3.8, 4) is 17.0 Å². The van der Waals surface area contributed by atoms with Gasteiger partial charge in [-0.2, -0.15) is 0 Å². The van der Waals surface area contributed by atoms with Crippen LogP contribution in [0, 0.1) is 0 Å². The van der Waals surface area contributed by atoms with E-state index in [0.717, 1.165) is 12.1 Å². The molecule has 1 aromatic heterocycles. The molecule has 1 atom stereocenters. The molecule has 28 heavy (non-hydrogen) atoms. The van der Waals surface area contributed by atoms with Crippen LogP contribution >= 0.6 is 0 Å². The molecule has 0 bridgehead atoms. The Labute approximate surface area is 155 Å². The van der Waals surface area contributed by atoms with Gasteiger partial charge in [-0.05, 0) is 36.4 Å². The number of carbonyl (C=O) groups excluding carboxylic acids is 1. The van der Waals surface area contributed by atoms with Crippen LogP contribution < -0.4 is 10.1 Å². The summed E-state index contributed by atoms with van der Waals surface area (Å²) in [6.45, 7) is 0. The lowest BCUT2D eigenvalue weighted by atomic mass is 10.1. The number of carboxylic acid groups (broad SMARTS) is 2. The molecule has 1 amide bonds. The second-order valence-corrected chi connectivity index (χ2v) is 5.44. The summed E-state index contributed by atoms with van der Waals surface area (Å²) in [6.07, 6.45) is -5.64. The molecule has 11 heteroatoms. The fraction of sp³-hybridized carbons (Fsp3) is 0.176. The van der Waals surface area contributed by atoms with Crippen LogP contribution in [-0.4, -0.2) is 45.4 Å². The minimum Gasteiger partial charge on any atom is -0.481 e. The smallest absolute Gasteiger partial charge is 0.481 e. The lowest BCUT2D eigenvalue weighted by Crippen LogP contribution is -2.42. The molecule has 1 unspecified atom stereocenters. The topological polar surface area (TPSA) is 126 Å². The monoisotopic (exact) mass is 398 g/mol. The molecule has 0 aliphatic heterocycles. The standard InChI is InChI=1S/C17H13F3N2O6/c18-17(19,20)28-10-6-4-9(5-7-10)11-2-1-3-12(21-11)15(25)22-13(16(26)27)8-14(23)24/h1-7,13H,8H2,(H,22,25)(H,23,24)(H,26,27). The summed E-state index contributed by atoms with van der Waals surface area (Å²) in [7, 11) is 0. The van der Waals surface area contributed by atoms with Crippen LogP contribution in [-0.2, 0) is 9.59 Å². The molecule has 2 rings (SSSR count). The fourth-order valence-electron chi connectivity index (χ4n) is 2.16. The number of alkyl halides is 3. The lowest BCUT2D eigenvalue weighted by molar-refractivity contribution is -0.274. The SMILES string of the molecule is O=C(O)CC(NC(=O)c1cccc(-c2ccc(OC(F)(F)F)cc2)n1)C(=O)O. The average Bonchev–Trinajstić information content (AvgIpc) is 2.60. The number of nitrogens with zero attached hydrogens (tertiary/aromatic N) is 1. The first-order chi connectivity index (χ1) is 13.0. The van der Waals surface area contributed by atoms with Gasteiger partial charge >= 0.3 is 18.3 Å². The van der Waals surface area contributed by atoms with Crippen molar-refractivity contribution >= 4 is 17.8 Å². The van der Waals surface area contributed by atoms with E-state index in [9.17, 15) is 27.6 Å². The van der Waals surface area contributed by atoms with Gasteiger partial charge in [-0.3, -0.25) is 9.59 Å². The highest BCUT2D eigenvalue weighted by Gasteiger charge is 2.31. The number of nitrogens with one attached hydrogen (secondary N) is 1. The first-order valence-electron chi connectivity index (χ1n) is 7.64. The van der Waals surface area contributed by atoms with E-state index in [0.29, 0.717) is 5.56 Å². The molecule has 0 spiro atoms. The summed E-state index contributed by atoms with van der Waals surface area (Å²) in [4.78, 5) is 37.9. The normalized spacial score (nSPS) is 12.1. The van der Waals surface area contributed by atoms with E-state index in [-0.39, 0.29) is 11.4 Å². The highest BCUT2D eigenvalue weighted by Crippen LogP contribution is 2.25. The van der Waals surface area contributed by atoms with Gasteiger partial charge in [0.25, 0.3) is 5.91 Å². The molecule has 0 aliphatic rings. The first kappa shape index (κ1) is 20.7. The second kappa shape index (κ2) is 8.37. The van der Waals surface area contributed by atoms with Gasteiger partial charge in [-0.15, -0.1) is 13.2 Å². The number of hydrogen-bond donors (Lipinski definition) is 3. The number of rotatable bonds is 7. The van der Waals surface area contributed by atoms with E-state index in [4.69, 9.17) is 10.2 Å². The van der Waals surface area contributed by atoms with Crippen LogP contribution in [0.5, 0.6) is 5.75 Å². The van der Waals surface area contributed by atoms with Crippen molar-refractivity contribution < 1.29 is 42.5 Å². The van der Waals surface area contributed by atoms with E-state index in [1.165, 1.54) is 30.3 Å². The Balaban J connectivity index is 2.18. The highest BCUT2D eigenvalue weighted by atomic mass is 19.4. The molecular weight excluding hydrogens is 385 g/mol. The average molecular weight is 398 g/mol. The van der Waals surface area contributed by atoms with Gasteiger partial charge in [0.1, 0.15) is 17.5 Å². The second-order valence-electron chi connectivity index (χ2n) is 5.44. The maximum atomic E-state index is 12.2. The Hall–Kier alpha value is -3.63. The fourth-order valence-corrected chi connectivity index (χ4v) is 2.16. The highest BCUT2D eigenvalue weighted by molar-refractivity contribution is 5.96. The summed E-state index contributed by atoms with van der Waals surface area (Å²) >= 11 is 0. The summed E-state index contributed by atoms with van der Waals surface area (Å²) in [5.74, 6) is -4.27. The summed E-state index contributed by atoms with van der Waals surface area (Å²) in [5.41, 5.74) is 0.422. The Morgan fingerprint density at radius 1 is 1.07 bits per heavy atom. The van der Waals surface area contributed by atoms with Crippen molar-refractivity contribution in [2.75, 3.05) is 0 Å². The Morgan fingerprint density at radius 2 is 1.71 bits per heavy atom. The third-order valence-electron chi connectivity index (χ3n) is 3.35. The van der Waals surface area contributed by atoms with Crippen LogP contribution in [0.4, 0.5) is 13.2 Å². The molecule has 0 aliphatic carbocycles. The molecule has 0 saturated carbocycles. The minimum atomic E-state index is -4.82. The number of amides is 1. The lowest BCUT2D eigenvalue weighted by Gasteiger charge is -2.12. The van der Waals surface area contributed by atoms with Gasteiger partial charge in [0.2, 0.25) is 0 Å². The van der Waals surface area contributed by atoms with Crippen molar-refractivity contribution in [1.29, 1.82) is 0 Å². The number of benzene rings is 1. The number of halogens is 3. The zero-order valence-electron chi connectivity index (χ0n) is 13.9. The summed E-state index contributed by atoms with van der Waals surface area (Å²) < 4.78 is 40.3. The van der Waals surface area contributed by atoms with Crippen molar-refractivity contribution in [2.24, 2.45) is 0 Å².